The Hall–Kier alpha value is -2.20. The minimum absolute atomic E-state index is 0.0166. The number of benzene rings is 2. The smallest absolute Gasteiger partial charge is 0.275 e. The van der Waals surface area contributed by atoms with Crippen LogP contribution in [0.2, 0.25) is 0 Å². The highest BCUT2D eigenvalue weighted by Gasteiger charge is 2.53. The maximum Gasteiger partial charge on any atom is 0.275 e. The summed E-state index contributed by atoms with van der Waals surface area (Å²) >= 11 is 0. The first-order valence-electron chi connectivity index (χ1n) is 10.9. The quantitative estimate of drug-likeness (QED) is 0.384. The molecular formula is C22H26F2N2O8S2. The fourth-order valence-corrected chi connectivity index (χ4v) is 5.80. The van der Waals surface area contributed by atoms with Gasteiger partial charge in [-0.25, -0.2) is 22.0 Å². The van der Waals surface area contributed by atoms with Crippen LogP contribution >= 0.6 is 0 Å². The molecule has 14 heteroatoms. The van der Waals surface area contributed by atoms with Gasteiger partial charge in [0.15, 0.2) is 0 Å². The maximum atomic E-state index is 13.7. The number of nitrogens with zero attached hydrogens (tertiary/aromatic N) is 1. The number of halogens is 2. The first-order chi connectivity index (χ1) is 16.9. The Balaban J connectivity index is 1.76. The van der Waals surface area contributed by atoms with Gasteiger partial charge in [0, 0.05) is 24.7 Å². The van der Waals surface area contributed by atoms with E-state index in [2.05, 4.69) is 5.32 Å². The molecular weight excluding hydrogens is 522 g/mol. The van der Waals surface area contributed by atoms with E-state index in [1.165, 1.54) is 4.90 Å². The molecule has 0 saturated carbocycles. The lowest BCUT2D eigenvalue weighted by molar-refractivity contribution is -0.255. The van der Waals surface area contributed by atoms with Crippen LogP contribution in [0.5, 0.6) is 5.75 Å². The van der Waals surface area contributed by atoms with Crippen molar-refractivity contribution >= 4 is 20.2 Å². The molecule has 2 aliphatic heterocycles. The van der Waals surface area contributed by atoms with Crippen LogP contribution in [0.3, 0.4) is 0 Å². The molecule has 2 aliphatic rings. The molecule has 2 aromatic carbocycles. The van der Waals surface area contributed by atoms with Crippen molar-refractivity contribution in [3.8, 4) is 5.75 Å². The van der Waals surface area contributed by atoms with Gasteiger partial charge in [0.05, 0.1) is 31.7 Å². The van der Waals surface area contributed by atoms with E-state index in [1.807, 2.05) is 0 Å². The predicted molar refractivity (Wildman–Crippen MR) is 124 cm³/mol. The molecule has 0 spiro atoms. The summed E-state index contributed by atoms with van der Waals surface area (Å²) in [5.74, 6) is -3.31. The van der Waals surface area contributed by atoms with Gasteiger partial charge in [0.1, 0.15) is 30.1 Å². The first-order valence-corrected chi connectivity index (χ1v) is 14.6. The SMILES string of the molecule is CS(=O)(=O)OC1(OS(C)(=O)=O)CNCCN1C1c2ccccc2OCC1OCc1cc(F)cc(F)c1. The molecule has 0 aliphatic carbocycles. The van der Waals surface area contributed by atoms with Crippen molar-refractivity contribution in [1.82, 2.24) is 10.2 Å². The number of hydrogen-bond acceptors (Lipinski definition) is 10. The van der Waals surface area contributed by atoms with Crippen molar-refractivity contribution in [2.75, 3.05) is 38.8 Å². The van der Waals surface area contributed by atoms with E-state index in [0.29, 0.717) is 17.9 Å². The summed E-state index contributed by atoms with van der Waals surface area (Å²) in [7, 11) is -8.42. The van der Waals surface area contributed by atoms with Gasteiger partial charge in [-0.15, -0.1) is 0 Å². The Morgan fingerprint density at radius 2 is 1.69 bits per heavy atom. The fraction of sp³-hybridized carbons (Fsp3) is 0.455. The van der Waals surface area contributed by atoms with Gasteiger partial charge < -0.3 is 14.8 Å². The predicted octanol–water partition coefficient (Wildman–Crippen LogP) is 1.50. The van der Waals surface area contributed by atoms with Crippen molar-refractivity contribution < 1.29 is 43.5 Å². The first kappa shape index (κ1) is 26.9. The number of para-hydroxylation sites is 1. The average molecular weight is 549 g/mol. The number of fused-ring (bicyclic) bond motifs is 1. The van der Waals surface area contributed by atoms with Crippen molar-refractivity contribution in [3.63, 3.8) is 0 Å². The number of piperazine rings is 1. The summed E-state index contributed by atoms with van der Waals surface area (Å²) in [6.07, 6.45) is 0.754. The lowest BCUT2D eigenvalue weighted by Crippen LogP contribution is -2.67. The maximum absolute atomic E-state index is 13.7. The molecule has 0 aromatic heterocycles. The summed E-state index contributed by atoms with van der Waals surface area (Å²) in [4.78, 5) is 1.46. The molecule has 36 heavy (non-hydrogen) atoms. The van der Waals surface area contributed by atoms with E-state index in [4.69, 9.17) is 17.8 Å². The molecule has 0 bridgehead atoms. The summed E-state index contributed by atoms with van der Waals surface area (Å²) in [6.45, 7) is -0.0477. The Morgan fingerprint density at radius 1 is 1.06 bits per heavy atom. The van der Waals surface area contributed by atoms with Crippen molar-refractivity contribution in [2.24, 2.45) is 0 Å². The van der Waals surface area contributed by atoms with Crippen LogP contribution in [0, 0.1) is 11.6 Å². The van der Waals surface area contributed by atoms with Gasteiger partial charge >= 0.3 is 0 Å². The largest absolute Gasteiger partial charge is 0.490 e. The molecule has 2 aromatic rings. The molecule has 198 valence electrons. The molecule has 2 unspecified atom stereocenters. The number of rotatable bonds is 8. The second-order valence-corrected chi connectivity index (χ2v) is 11.7. The highest BCUT2D eigenvalue weighted by Crippen LogP contribution is 2.42. The number of nitrogens with one attached hydrogen (secondary N) is 1. The van der Waals surface area contributed by atoms with Gasteiger partial charge in [-0.2, -0.15) is 16.8 Å². The Bertz CT molecular complexity index is 1270. The lowest BCUT2D eigenvalue weighted by Gasteiger charge is -2.50. The zero-order valence-electron chi connectivity index (χ0n) is 19.5. The van der Waals surface area contributed by atoms with Crippen LogP contribution in [-0.4, -0.2) is 72.5 Å². The second kappa shape index (κ2) is 10.3. The van der Waals surface area contributed by atoms with Gasteiger partial charge in [-0.1, -0.05) is 18.2 Å². The van der Waals surface area contributed by atoms with Crippen molar-refractivity contribution in [3.05, 3.63) is 65.2 Å². The zero-order valence-corrected chi connectivity index (χ0v) is 21.2. The number of hydrogen-bond donors (Lipinski definition) is 1. The van der Waals surface area contributed by atoms with Crippen LogP contribution in [0.4, 0.5) is 8.78 Å². The van der Waals surface area contributed by atoms with E-state index in [1.54, 1.807) is 24.3 Å². The molecule has 2 heterocycles. The number of ether oxygens (including phenoxy) is 2. The topological polar surface area (TPSA) is 120 Å². The van der Waals surface area contributed by atoms with Crippen LogP contribution in [0.15, 0.2) is 42.5 Å². The molecule has 1 fully saturated rings. The van der Waals surface area contributed by atoms with E-state index >= 15 is 0 Å². The van der Waals surface area contributed by atoms with Crippen LogP contribution in [0.25, 0.3) is 0 Å². The monoisotopic (exact) mass is 548 g/mol. The summed E-state index contributed by atoms with van der Waals surface area (Å²) in [5, 5.41) is 2.92. The molecule has 0 radical (unpaired) electrons. The lowest BCUT2D eigenvalue weighted by atomic mass is 9.95. The standard InChI is InChI=1S/C22H26F2N2O8S2/c1-35(27,28)33-22(34-36(2,29)30)14-25-7-8-26(22)21-18-5-3-4-6-19(18)32-13-20(21)31-12-15-9-16(23)11-17(24)10-15/h3-6,9-11,20-21,25H,7-8,12-14H2,1-2H3. The highest BCUT2D eigenvalue weighted by molar-refractivity contribution is 7.86. The third-order valence-corrected chi connectivity index (χ3v) is 6.72. The molecule has 4 rings (SSSR count). The van der Waals surface area contributed by atoms with Crippen molar-refractivity contribution in [1.29, 1.82) is 0 Å². The van der Waals surface area contributed by atoms with Gasteiger partial charge in [0.25, 0.3) is 26.1 Å². The van der Waals surface area contributed by atoms with E-state index in [9.17, 15) is 25.6 Å². The van der Waals surface area contributed by atoms with Crippen LogP contribution < -0.4 is 10.1 Å². The zero-order chi connectivity index (χ0) is 26.1. The molecule has 1 saturated heterocycles. The van der Waals surface area contributed by atoms with Gasteiger partial charge in [-0.3, -0.25) is 0 Å². The van der Waals surface area contributed by atoms with Crippen molar-refractivity contribution in [2.45, 2.75) is 24.7 Å². The van der Waals surface area contributed by atoms with E-state index in [-0.39, 0.29) is 31.9 Å². The fourth-order valence-electron chi connectivity index (χ4n) is 4.44. The van der Waals surface area contributed by atoms with E-state index < -0.39 is 49.9 Å². The normalized spacial score (nSPS) is 22.6. The Labute approximate surface area is 208 Å². The minimum atomic E-state index is -4.21. The average Bonchev–Trinajstić information content (AvgIpc) is 2.75. The molecule has 0 amide bonds. The highest BCUT2D eigenvalue weighted by atomic mass is 32.2. The molecule has 10 nitrogen and oxygen atoms in total. The van der Waals surface area contributed by atoms with Crippen LogP contribution in [0.1, 0.15) is 17.2 Å². The third kappa shape index (κ3) is 6.37. The van der Waals surface area contributed by atoms with Gasteiger partial charge in [0.2, 0.25) is 0 Å². The van der Waals surface area contributed by atoms with E-state index in [0.717, 1.165) is 30.7 Å². The second-order valence-electron chi connectivity index (χ2n) is 8.58. The van der Waals surface area contributed by atoms with Crippen LogP contribution in [-0.2, 0) is 39.9 Å². The Morgan fingerprint density at radius 3 is 2.33 bits per heavy atom. The Kier molecular flexibility index (Phi) is 7.67. The summed E-state index contributed by atoms with van der Waals surface area (Å²) < 4.78 is 98.8. The van der Waals surface area contributed by atoms with Gasteiger partial charge in [-0.05, 0) is 23.8 Å². The molecule has 1 N–H and O–H groups in total. The minimum Gasteiger partial charge on any atom is -0.490 e. The summed E-state index contributed by atoms with van der Waals surface area (Å²) in [5.41, 5.74) is 0.802. The molecule has 2 atom stereocenters. The third-order valence-electron chi connectivity index (χ3n) is 5.59. The summed E-state index contributed by atoms with van der Waals surface area (Å²) in [6, 6.07) is 9.11.